The molecule has 4 nitrogen and oxygen atoms in total. The van der Waals surface area contributed by atoms with E-state index in [4.69, 9.17) is 5.26 Å². The number of nitriles is 1. The van der Waals surface area contributed by atoms with Crippen LogP contribution in [0.2, 0.25) is 0 Å². The number of piperazine rings is 1. The highest BCUT2D eigenvalue weighted by Crippen LogP contribution is 2.14. The third-order valence-electron chi connectivity index (χ3n) is 3.76. The summed E-state index contributed by atoms with van der Waals surface area (Å²) in [4.78, 5) is 7.10. The van der Waals surface area contributed by atoms with Gasteiger partial charge in [-0.05, 0) is 25.2 Å². The Labute approximate surface area is 115 Å². The molecule has 0 unspecified atom stereocenters. The monoisotopic (exact) mass is 258 g/mol. The van der Waals surface area contributed by atoms with E-state index < -0.39 is 0 Å². The lowest BCUT2D eigenvalue weighted by atomic mass is 10.2. The Kier molecular flexibility index (Phi) is 4.78. The lowest BCUT2D eigenvalue weighted by Gasteiger charge is -2.33. The molecule has 1 aromatic carbocycles. The molecule has 0 saturated carbocycles. The Hall–Kier alpha value is -1.57. The van der Waals surface area contributed by atoms with E-state index in [0.717, 1.165) is 50.5 Å². The quantitative estimate of drug-likeness (QED) is 0.813. The van der Waals surface area contributed by atoms with Crippen molar-refractivity contribution in [2.75, 3.05) is 58.3 Å². The van der Waals surface area contributed by atoms with Crippen LogP contribution < -0.4 is 4.90 Å². The van der Waals surface area contributed by atoms with E-state index >= 15 is 0 Å². The zero-order chi connectivity index (χ0) is 13.7. The molecule has 0 amide bonds. The van der Waals surface area contributed by atoms with Crippen LogP contribution >= 0.6 is 0 Å². The summed E-state index contributed by atoms with van der Waals surface area (Å²) in [6.07, 6.45) is 0. The Morgan fingerprint density at radius 3 is 2.68 bits per heavy atom. The molecule has 0 aromatic heterocycles. The van der Waals surface area contributed by atoms with Crippen molar-refractivity contribution in [3.8, 4) is 6.07 Å². The number of nitrogens with zero attached hydrogens (tertiary/aromatic N) is 4. The summed E-state index contributed by atoms with van der Waals surface area (Å²) in [5.41, 5.74) is 1.84. The van der Waals surface area contributed by atoms with Gasteiger partial charge in [0.25, 0.3) is 0 Å². The van der Waals surface area contributed by atoms with Gasteiger partial charge in [-0.2, -0.15) is 5.26 Å². The van der Waals surface area contributed by atoms with Gasteiger partial charge in [-0.3, -0.25) is 4.90 Å². The van der Waals surface area contributed by atoms with Gasteiger partial charge in [0.2, 0.25) is 0 Å². The molecule has 102 valence electrons. The van der Waals surface area contributed by atoms with Crippen molar-refractivity contribution in [2.24, 2.45) is 0 Å². The van der Waals surface area contributed by atoms with Crippen LogP contribution in [0.4, 0.5) is 5.69 Å². The second-order valence-corrected chi connectivity index (χ2v) is 5.23. The molecule has 0 N–H and O–H groups in total. The van der Waals surface area contributed by atoms with E-state index in [1.165, 1.54) is 0 Å². The number of anilines is 1. The van der Waals surface area contributed by atoms with Crippen LogP contribution in [0.15, 0.2) is 24.3 Å². The fraction of sp³-hybridized carbons (Fsp3) is 0.533. The van der Waals surface area contributed by atoms with Crippen molar-refractivity contribution in [3.63, 3.8) is 0 Å². The lowest BCUT2D eigenvalue weighted by Crippen LogP contribution is -2.46. The molecule has 0 bridgehead atoms. The van der Waals surface area contributed by atoms with Crippen molar-refractivity contribution >= 4 is 5.69 Å². The molecule has 1 aliphatic heterocycles. The summed E-state index contributed by atoms with van der Waals surface area (Å²) in [6.45, 7) is 6.71. The summed E-state index contributed by atoms with van der Waals surface area (Å²) in [6, 6.07) is 9.99. The summed E-state index contributed by atoms with van der Waals surface area (Å²) >= 11 is 0. The van der Waals surface area contributed by atoms with Crippen LogP contribution in [-0.2, 0) is 0 Å². The van der Waals surface area contributed by atoms with Gasteiger partial charge in [0, 0.05) is 52.0 Å². The van der Waals surface area contributed by atoms with E-state index in [0.29, 0.717) is 0 Å². The Bertz CT molecular complexity index is 444. The lowest BCUT2D eigenvalue weighted by molar-refractivity contribution is 0.157. The van der Waals surface area contributed by atoms with Crippen molar-refractivity contribution in [1.82, 2.24) is 9.80 Å². The highest BCUT2D eigenvalue weighted by atomic mass is 15.3. The number of likely N-dealkylation sites (N-methyl/N-ethyl adjacent to an activating group) is 2. The van der Waals surface area contributed by atoms with E-state index in [1.807, 2.05) is 18.2 Å². The van der Waals surface area contributed by atoms with E-state index in [1.54, 1.807) is 0 Å². The Morgan fingerprint density at radius 2 is 2.00 bits per heavy atom. The largest absolute Gasteiger partial charge is 0.373 e. The molecular formula is C15H22N4. The first-order valence-corrected chi connectivity index (χ1v) is 6.81. The fourth-order valence-electron chi connectivity index (χ4n) is 2.30. The average molecular weight is 258 g/mol. The topological polar surface area (TPSA) is 33.5 Å². The van der Waals surface area contributed by atoms with Gasteiger partial charge < -0.3 is 9.80 Å². The van der Waals surface area contributed by atoms with Crippen LogP contribution in [0, 0.1) is 11.3 Å². The second kappa shape index (κ2) is 6.55. The van der Waals surface area contributed by atoms with Crippen LogP contribution in [0.25, 0.3) is 0 Å². The van der Waals surface area contributed by atoms with Gasteiger partial charge in [0.05, 0.1) is 11.6 Å². The molecule has 1 aromatic rings. The number of hydrogen-bond donors (Lipinski definition) is 0. The van der Waals surface area contributed by atoms with E-state index in [2.05, 4.69) is 40.9 Å². The maximum absolute atomic E-state index is 8.92. The fourth-order valence-corrected chi connectivity index (χ4v) is 2.30. The standard InChI is InChI=1S/C15H22N4/c1-17-6-9-19(10-7-17)11-8-18(2)15-5-3-4-14(12-15)13-16/h3-5,12H,6-11H2,1-2H3. The van der Waals surface area contributed by atoms with Crippen LogP contribution in [0.5, 0.6) is 0 Å². The maximum Gasteiger partial charge on any atom is 0.0992 e. The first-order valence-electron chi connectivity index (χ1n) is 6.81. The molecule has 1 heterocycles. The normalized spacial score (nSPS) is 17.1. The number of rotatable bonds is 4. The molecule has 1 aliphatic rings. The Morgan fingerprint density at radius 1 is 1.26 bits per heavy atom. The summed E-state index contributed by atoms with van der Waals surface area (Å²) in [5, 5.41) is 8.92. The SMILES string of the molecule is CN1CCN(CCN(C)c2cccc(C#N)c2)CC1. The van der Waals surface area contributed by atoms with Gasteiger partial charge in [-0.1, -0.05) is 6.07 Å². The molecule has 0 atom stereocenters. The summed E-state index contributed by atoms with van der Waals surface area (Å²) in [7, 11) is 4.27. The predicted molar refractivity (Wildman–Crippen MR) is 78.4 cm³/mol. The second-order valence-electron chi connectivity index (χ2n) is 5.23. The third-order valence-corrected chi connectivity index (χ3v) is 3.76. The van der Waals surface area contributed by atoms with E-state index in [-0.39, 0.29) is 0 Å². The van der Waals surface area contributed by atoms with Gasteiger partial charge in [-0.15, -0.1) is 0 Å². The molecule has 0 spiro atoms. The van der Waals surface area contributed by atoms with Crippen LogP contribution in [0.1, 0.15) is 5.56 Å². The highest BCUT2D eigenvalue weighted by Gasteiger charge is 2.13. The van der Waals surface area contributed by atoms with Crippen molar-refractivity contribution in [1.29, 1.82) is 5.26 Å². The maximum atomic E-state index is 8.92. The van der Waals surface area contributed by atoms with Crippen molar-refractivity contribution < 1.29 is 0 Å². The molecule has 4 heteroatoms. The third kappa shape index (κ3) is 3.95. The zero-order valence-corrected chi connectivity index (χ0v) is 11.8. The average Bonchev–Trinajstić information content (AvgIpc) is 2.46. The summed E-state index contributed by atoms with van der Waals surface area (Å²) < 4.78 is 0. The first kappa shape index (κ1) is 13.9. The van der Waals surface area contributed by atoms with Crippen molar-refractivity contribution in [2.45, 2.75) is 0 Å². The smallest absolute Gasteiger partial charge is 0.0992 e. The van der Waals surface area contributed by atoms with Gasteiger partial charge in [0.15, 0.2) is 0 Å². The van der Waals surface area contributed by atoms with Gasteiger partial charge >= 0.3 is 0 Å². The van der Waals surface area contributed by atoms with Crippen LogP contribution in [0.3, 0.4) is 0 Å². The number of benzene rings is 1. The number of hydrogen-bond acceptors (Lipinski definition) is 4. The van der Waals surface area contributed by atoms with Gasteiger partial charge in [0.1, 0.15) is 0 Å². The van der Waals surface area contributed by atoms with Gasteiger partial charge in [-0.25, -0.2) is 0 Å². The summed E-state index contributed by atoms with van der Waals surface area (Å²) in [5.74, 6) is 0. The minimum absolute atomic E-state index is 0.726. The first-order chi connectivity index (χ1) is 9.19. The molecule has 19 heavy (non-hydrogen) atoms. The van der Waals surface area contributed by atoms with E-state index in [9.17, 15) is 0 Å². The predicted octanol–water partition coefficient (Wildman–Crippen LogP) is 1.24. The molecular weight excluding hydrogens is 236 g/mol. The van der Waals surface area contributed by atoms with Crippen LogP contribution in [-0.4, -0.2) is 63.2 Å². The molecule has 1 fully saturated rings. The molecule has 1 saturated heterocycles. The molecule has 0 aliphatic carbocycles. The molecule has 0 radical (unpaired) electrons. The highest BCUT2D eigenvalue weighted by molar-refractivity contribution is 5.50. The zero-order valence-electron chi connectivity index (χ0n) is 11.8. The van der Waals surface area contributed by atoms with Crippen molar-refractivity contribution in [3.05, 3.63) is 29.8 Å². The minimum Gasteiger partial charge on any atom is -0.373 e. The Balaban J connectivity index is 1.84. The minimum atomic E-state index is 0.726. The molecule has 2 rings (SSSR count).